The summed E-state index contributed by atoms with van der Waals surface area (Å²) in [6.45, 7) is 8.01. The molecule has 0 radical (unpaired) electrons. The average molecular weight is 495 g/mol. The second-order valence-corrected chi connectivity index (χ2v) is 10.6. The van der Waals surface area contributed by atoms with E-state index in [-0.39, 0.29) is 30.4 Å². The first-order valence-electron chi connectivity index (χ1n) is 12.9. The summed E-state index contributed by atoms with van der Waals surface area (Å²) in [4.78, 5) is 28.2. The number of hydrogen-bond donors (Lipinski definition) is 1. The van der Waals surface area contributed by atoms with Gasteiger partial charge in [-0.1, -0.05) is 57.2 Å². The van der Waals surface area contributed by atoms with E-state index in [0.29, 0.717) is 38.5 Å². The number of para-hydroxylation sites is 2. The molecule has 0 aromatic heterocycles. The van der Waals surface area contributed by atoms with Crippen molar-refractivity contribution < 1.29 is 23.8 Å². The predicted molar refractivity (Wildman–Crippen MR) is 138 cm³/mol. The maximum absolute atomic E-state index is 13.3. The van der Waals surface area contributed by atoms with Gasteiger partial charge in [-0.3, -0.25) is 9.59 Å². The van der Waals surface area contributed by atoms with Crippen LogP contribution in [0.5, 0.6) is 11.5 Å². The van der Waals surface area contributed by atoms with Crippen LogP contribution >= 0.6 is 0 Å². The molecule has 2 amide bonds. The number of benzene rings is 2. The lowest BCUT2D eigenvalue weighted by Crippen LogP contribution is -2.61. The molecule has 1 N–H and O–H groups in total. The number of aryl methyl sites for hydroxylation is 1. The number of hydrogen-bond acceptors (Lipinski definition) is 5. The molecule has 1 fully saturated rings. The Morgan fingerprint density at radius 2 is 1.86 bits per heavy atom. The van der Waals surface area contributed by atoms with Crippen LogP contribution in [0.4, 0.5) is 0 Å². The zero-order chi connectivity index (χ0) is 25.6. The fourth-order valence-corrected chi connectivity index (χ4v) is 4.91. The van der Waals surface area contributed by atoms with Gasteiger partial charge in [-0.05, 0) is 54.4 Å². The fourth-order valence-electron chi connectivity index (χ4n) is 4.91. The van der Waals surface area contributed by atoms with Crippen LogP contribution in [0.25, 0.3) is 0 Å². The molecule has 2 aliphatic rings. The van der Waals surface area contributed by atoms with Crippen molar-refractivity contribution in [2.75, 3.05) is 39.5 Å². The quantitative estimate of drug-likeness (QED) is 0.701. The minimum absolute atomic E-state index is 0.0740. The van der Waals surface area contributed by atoms with Crippen LogP contribution in [0.2, 0.25) is 0 Å². The Kier molecular flexibility index (Phi) is 8.19. The average Bonchev–Trinajstić information content (AvgIpc) is 2.87. The third-order valence-electron chi connectivity index (χ3n) is 6.89. The summed E-state index contributed by atoms with van der Waals surface area (Å²) >= 11 is 0. The van der Waals surface area contributed by atoms with Crippen LogP contribution in [0.1, 0.15) is 51.2 Å². The molecule has 7 nitrogen and oxygen atoms in total. The number of carbonyl (C=O) groups is 2. The van der Waals surface area contributed by atoms with E-state index >= 15 is 0 Å². The largest absolute Gasteiger partial charge is 0.491 e. The second-order valence-electron chi connectivity index (χ2n) is 10.6. The van der Waals surface area contributed by atoms with Gasteiger partial charge in [-0.25, -0.2) is 0 Å². The summed E-state index contributed by atoms with van der Waals surface area (Å²) in [6, 6.07) is 15.9. The van der Waals surface area contributed by atoms with Crippen molar-refractivity contribution in [1.82, 2.24) is 10.2 Å². The summed E-state index contributed by atoms with van der Waals surface area (Å²) in [7, 11) is 0. The van der Waals surface area contributed by atoms with Gasteiger partial charge >= 0.3 is 0 Å². The van der Waals surface area contributed by atoms with E-state index in [1.807, 2.05) is 42.5 Å². The molecule has 2 aromatic rings. The molecule has 0 bridgehead atoms. The number of fused-ring (bicyclic) bond motifs is 1. The highest BCUT2D eigenvalue weighted by atomic mass is 16.5. The summed E-state index contributed by atoms with van der Waals surface area (Å²) in [5.74, 6) is 1.26. The zero-order valence-electron chi connectivity index (χ0n) is 21.7. The normalized spacial score (nSPS) is 21.4. The lowest BCUT2D eigenvalue weighted by Gasteiger charge is -2.41. The molecular formula is C29H38N2O5. The van der Waals surface area contributed by atoms with Crippen molar-refractivity contribution in [3.05, 3.63) is 59.7 Å². The van der Waals surface area contributed by atoms with Gasteiger partial charge in [0.2, 0.25) is 0 Å². The van der Waals surface area contributed by atoms with E-state index in [1.54, 1.807) is 4.90 Å². The molecule has 0 saturated carbocycles. The zero-order valence-corrected chi connectivity index (χ0v) is 21.7. The molecule has 194 valence electrons. The molecule has 1 spiro atoms. The van der Waals surface area contributed by atoms with Gasteiger partial charge in [-0.15, -0.1) is 0 Å². The standard InChI is InChI=1S/C29H38N2O5/c1-28(2,3)23-12-5-7-14-25(23)35-20-26(32)31-17-19-36-29(21-31)15-9-8-11-22-10-4-6-13-24(22)34-18-16-30-27(29)33/h4-7,10,12-14H,8-9,11,15-21H2,1-3H3,(H,30,33). The number of nitrogens with one attached hydrogen (secondary N) is 1. The number of ether oxygens (including phenoxy) is 3. The Morgan fingerprint density at radius 3 is 2.69 bits per heavy atom. The van der Waals surface area contributed by atoms with Crippen LogP contribution < -0.4 is 14.8 Å². The smallest absolute Gasteiger partial charge is 0.260 e. The molecule has 7 heteroatoms. The van der Waals surface area contributed by atoms with Crippen LogP contribution in [-0.2, 0) is 26.2 Å². The van der Waals surface area contributed by atoms with E-state index in [1.165, 1.54) is 5.56 Å². The molecule has 2 aromatic carbocycles. The third kappa shape index (κ3) is 6.19. The lowest BCUT2D eigenvalue weighted by molar-refractivity contribution is -0.168. The van der Waals surface area contributed by atoms with E-state index in [9.17, 15) is 9.59 Å². The van der Waals surface area contributed by atoms with Crippen molar-refractivity contribution >= 4 is 11.8 Å². The van der Waals surface area contributed by atoms with E-state index in [2.05, 4.69) is 32.2 Å². The monoisotopic (exact) mass is 494 g/mol. The van der Waals surface area contributed by atoms with Crippen molar-refractivity contribution in [2.45, 2.75) is 57.5 Å². The molecule has 36 heavy (non-hydrogen) atoms. The first-order chi connectivity index (χ1) is 17.3. The van der Waals surface area contributed by atoms with Crippen molar-refractivity contribution in [2.24, 2.45) is 0 Å². The summed E-state index contributed by atoms with van der Waals surface area (Å²) in [5, 5.41) is 2.98. The van der Waals surface area contributed by atoms with Gasteiger partial charge in [0.05, 0.1) is 19.7 Å². The van der Waals surface area contributed by atoms with Gasteiger partial charge < -0.3 is 24.4 Å². The molecule has 2 heterocycles. The Balaban J connectivity index is 1.42. The topological polar surface area (TPSA) is 77.1 Å². The van der Waals surface area contributed by atoms with Gasteiger partial charge in [-0.2, -0.15) is 0 Å². The number of carbonyl (C=O) groups excluding carboxylic acids is 2. The predicted octanol–water partition coefficient (Wildman–Crippen LogP) is 3.88. The maximum atomic E-state index is 13.3. The fraction of sp³-hybridized carbons (Fsp3) is 0.517. The van der Waals surface area contributed by atoms with Crippen LogP contribution in [0.15, 0.2) is 48.5 Å². The third-order valence-corrected chi connectivity index (χ3v) is 6.89. The molecule has 2 aliphatic heterocycles. The number of nitrogens with zero attached hydrogens (tertiary/aromatic N) is 1. The van der Waals surface area contributed by atoms with E-state index in [0.717, 1.165) is 30.6 Å². The summed E-state index contributed by atoms with van der Waals surface area (Å²) in [5.41, 5.74) is 1.07. The van der Waals surface area contributed by atoms with E-state index in [4.69, 9.17) is 14.2 Å². The Hall–Kier alpha value is -3.06. The Bertz CT molecular complexity index is 1060. The molecule has 0 aliphatic carbocycles. The molecule has 1 unspecified atom stereocenters. The van der Waals surface area contributed by atoms with Crippen LogP contribution in [-0.4, -0.2) is 61.8 Å². The van der Waals surface area contributed by atoms with Gasteiger partial charge in [0.1, 0.15) is 18.1 Å². The van der Waals surface area contributed by atoms with Gasteiger partial charge in [0, 0.05) is 6.54 Å². The number of morpholine rings is 1. The van der Waals surface area contributed by atoms with Crippen LogP contribution in [0.3, 0.4) is 0 Å². The molecule has 4 rings (SSSR count). The lowest BCUT2D eigenvalue weighted by atomic mass is 9.86. The minimum atomic E-state index is -1.06. The second kappa shape index (κ2) is 11.3. The summed E-state index contributed by atoms with van der Waals surface area (Å²) in [6.07, 6.45) is 3.13. The highest BCUT2D eigenvalue weighted by Gasteiger charge is 2.44. The SMILES string of the molecule is CC(C)(C)c1ccccc1OCC(=O)N1CCOC2(CCCCc3ccccc3OCCNC2=O)C1. The highest BCUT2D eigenvalue weighted by Crippen LogP contribution is 2.31. The Morgan fingerprint density at radius 1 is 1.08 bits per heavy atom. The molecule has 1 atom stereocenters. The molecular weight excluding hydrogens is 456 g/mol. The van der Waals surface area contributed by atoms with E-state index < -0.39 is 5.60 Å². The van der Waals surface area contributed by atoms with Gasteiger partial charge in [0.25, 0.3) is 11.8 Å². The van der Waals surface area contributed by atoms with Crippen molar-refractivity contribution in [3.8, 4) is 11.5 Å². The molecule has 1 saturated heterocycles. The Labute approximate surface area is 214 Å². The first kappa shape index (κ1) is 26.0. The van der Waals surface area contributed by atoms with Crippen molar-refractivity contribution in [3.63, 3.8) is 0 Å². The number of rotatable bonds is 3. The summed E-state index contributed by atoms with van der Waals surface area (Å²) < 4.78 is 18.0. The van der Waals surface area contributed by atoms with Crippen molar-refractivity contribution in [1.29, 1.82) is 0 Å². The van der Waals surface area contributed by atoms with Crippen LogP contribution in [0, 0.1) is 0 Å². The minimum Gasteiger partial charge on any atom is -0.491 e. The maximum Gasteiger partial charge on any atom is 0.260 e. The first-order valence-corrected chi connectivity index (χ1v) is 12.9. The van der Waals surface area contributed by atoms with Gasteiger partial charge in [0.15, 0.2) is 12.2 Å². The highest BCUT2D eigenvalue weighted by molar-refractivity contribution is 5.87. The number of amides is 2.